The molecule has 1 unspecified atom stereocenters. The monoisotopic (exact) mass is 525 g/mol. The van der Waals surface area contributed by atoms with Crippen LogP contribution >= 0.6 is 46.1 Å². The van der Waals surface area contributed by atoms with E-state index in [1.807, 2.05) is 0 Å². The minimum absolute atomic E-state index is 0.131. The number of anilines is 1. The van der Waals surface area contributed by atoms with Crippen molar-refractivity contribution in [2.45, 2.75) is 25.3 Å². The summed E-state index contributed by atoms with van der Waals surface area (Å²) in [7, 11) is 0. The van der Waals surface area contributed by atoms with E-state index in [1.165, 1.54) is 29.3 Å². The average molecular weight is 527 g/mol. The Hall–Kier alpha value is -2.65. The molecule has 3 aromatic rings. The predicted molar refractivity (Wildman–Crippen MR) is 130 cm³/mol. The molecule has 0 aliphatic rings. The number of thiazole rings is 1. The Morgan fingerprint density at radius 2 is 1.73 bits per heavy atom. The smallest absolute Gasteiger partial charge is 0.347 e. The number of carboxylic acid groups (broad SMARTS) is 1. The van der Waals surface area contributed by atoms with Gasteiger partial charge in [-0.3, -0.25) is 14.5 Å². The molecule has 1 aromatic heterocycles. The third-order valence-electron chi connectivity index (χ3n) is 4.76. The molecule has 1 atom stereocenters. The number of amides is 2. The van der Waals surface area contributed by atoms with Crippen LogP contribution in [0, 0.1) is 0 Å². The third kappa shape index (κ3) is 6.23. The van der Waals surface area contributed by atoms with Gasteiger partial charge in [0, 0.05) is 15.7 Å². The van der Waals surface area contributed by atoms with Gasteiger partial charge in [-0.1, -0.05) is 34.8 Å². The van der Waals surface area contributed by atoms with Crippen LogP contribution in [0.4, 0.5) is 5.69 Å². The van der Waals surface area contributed by atoms with Crippen molar-refractivity contribution in [3.8, 4) is 0 Å². The third-order valence-corrected chi connectivity index (χ3v) is 6.60. The number of carboxylic acids is 1. The van der Waals surface area contributed by atoms with E-state index in [2.05, 4.69) is 4.98 Å². The molecular formula is C22H18Cl3N3O4S. The van der Waals surface area contributed by atoms with Crippen molar-refractivity contribution in [1.82, 2.24) is 4.98 Å². The number of rotatable bonds is 9. The van der Waals surface area contributed by atoms with E-state index in [1.54, 1.807) is 24.3 Å². The molecule has 0 aliphatic heterocycles. The number of aryl methyl sites for hydroxylation is 1. The van der Waals surface area contributed by atoms with E-state index in [0.717, 1.165) is 11.3 Å². The zero-order valence-corrected chi connectivity index (χ0v) is 20.1. The van der Waals surface area contributed by atoms with Crippen LogP contribution in [0.15, 0.2) is 48.7 Å². The van der Waals surface area contributed by atoms with Crippen LogP contribution in [0.5, 0.6) is 0 Å². The maximum absolute atomic E-state index is 13.5. The highest BCUT2D eigenvalue weighted by atomic mass is 35.5. The molecule has 3 rings (SSSR count). The first-order valence-corrected chi connectivity index (χ1v) is 11.6. The van der Waals surface area contributed by atoms with Gasteiger partial charge >= 0.3 is 5.97 Å². The number of benzene rings is 2. The number of hydrogen-bond acceptors (Lipinski definition) is 5. The first-order chi connectivity index (χ1) is 15.7. The topological polar surface area (TPSA) is 114 Å². The standard InChI is InChI=1S/C22H18Cl3N3O4S/c23-12-4-7-14(8-5-12)28(21(30)15-9-6-13(24)10-16(15)25)17(20(26)29)2-1-3-19-27-11-18(33-19)22(31)32/h4-11,17H,1-3H2,(H2,26,29)(H,31,32). The Kier molecular flexibility index (Phi) is 8.31. The quantitative estimate of drug-likeness (QED) is 0.391. The van der Waals surface area contributed by atoms with Crippen LogP contribution in [-0.2, 0) is 11.2 Å². The molecule has 0 bridgehead atoms. The molecule has 7 nitrogen and oxygen atoms in total. The number of nitrogens with two attached hydrogens (primary N) is 1. The molecule has 0 aliphatic carbocycles. The Morgan fingerprint density at radius 1 is 1.06 bits per heavy atom. The zero-order chi connectivity index (χ0) is 24.1. The van der Waals surface area contributed by atoms with Gasteiger partial charge in [0.15, 0.2) is 0 Å². The second kappa shape index (κ2) is 11.0. The van der Waals surface area contributed by atoms with Gasteiger partial charge in [0.05, 0.1) is 21.8 Å². The van der Waals surface area contributed by atoms with Crippen molar-refractivity contribution in [3.05, 3.63) is 79.2 Å². The lowest BCUT2D eigenvalue weighted by molar-refractivity contribution is -0.119. The Morgan fingerprint density at radius 3 is 2.30 bits per heavy atom. The van der Waals surface area contributed by atoms with Gasteiger partial charge in [0.25, 0.3) is 5.91 Å². The lowest BCUT2D eigenvalue weighted by atomic mass is 10.0. The normalized spacial score (nSPS) is 11.7. The van der Waals surface area contributed by atoms with Gasteiger partial charge in [0.2, 0.25) is 5.91 Å². The van der Waals surface area contributed by atoms with Crippen molar-refractivity contribution in [2.24, 2.45) is 5.73 Å². The van der Waals surface area contributed by atoms with Gasteiger partial charge in [-0.05, 0) is 61.7 Å². The fourth-order valence-electron chi connectivity index (χ4n) is 3.20. The Labute approximate surface area is 208 Å². The van der Waals surface area contributed by atoms with E-state index in [4.69, 9.17) is 45.6 Å². The van der Waals surface area contributed by atoms with Crippen LogP contribution in [-0.4, -0.2) is 33.9 Å². The molecule has 1 heterocycles. The maximum atomic E-state index is 13.5. The van der Waals surface area contributed by atoms with E-state index in [9.17, 15) is 14.4 Å². The molecule has 0 fully saturated rings. The van der Waals surface area contributed by atoms with Crippen LogP contribution in [0.1, 0.15) is 37.9 Å². The van der Waals surface area contributed by atoms with Crippen LogP contribution in [0.3, 0.4) is 0 Å². The summed E-state index contributed by atoms with van der Waals surface area (Å²) in [6, 6.07) is 9.88. The highest BCUT2D eigenvalue weighted by molar-refractivity contribution is 7.13. The number of carbonyl (C=O) groups is 3. The second-order valence-corrected chi connectivity index (χ2v) is 9.40. The van der Waals surface area contributed by atoms with E-state index in [0.29, 0.717) is 33.6 Å². The fraction of sp³-hybridized carbons (Fsp3) is 0.182. The predicted octanol–water partition coefficient (Wildman–Crippen LogP) is 5.33. The highest BCUT2D eigenvalue weighted by Crippen LogP contribution is 2.29. The summed E-state index contributed by atoms with van der Waals surface area (Å²) in [5.41, 5.74) is 6.28. The lowest BCUT2D eigenvalue weighted by Crippen LogP contribution is -2.48. The Bertz CT molecular complexity index is 1180. The number of aromatic nitrogens is 1. The number of hydrogen-bond donors (Lipinski definition) is 2. The first kappa shape index (κ1) is 25.0. The fourth-order valence-corrected chi connectivity index (χ4v) is 4.62. The van der Waals surface area contributed by atoms with Gasteiger partial charge < -0.3 is 10.8 Å². The summed E-state index contributed by atoms with van der Waals surface area (Å²) in [4.78, 5) is 42.5. The summed E-state index contributed by atoms with van der Waals surface area (Å²) in [6.07, 6.45) is 2.37. The molecule has 0 radical (unpaired) electrons. The number of primary amides is 1. The van der Waals surface area contributed by atoms with Crippen molar-refractivity contribution in [1.29, 1.82) is 0 Å². The summed E-state index contributed by atoms with van der Waals surface area (Å²) < 4.78 is 0. The van der Waals surface area contributed by atoms with Crippen molar-refractivity contribution in [2.75, 3.05) is 4.90 Å². The van der Waals surface area contributed by atoms with Crippen LogP contribution in [0.25, 0.3) is 0 Å². The lowest BCUT2D eigenvalue weighted by Gasteiger charge is -2.30. The molecule has 2 aromatic carbocycles. The van der Waals surface area contributed by atoms with E-state index in [-0.39, 0.29) is 21.9 Å². The van der Waals surface area contributed by atoms with Gasteiger partial charge in [-0.15, -0.1) is 11.3 Å². The van der Waals surface area contributed by atoms with Crippen molar-refractivity contribution < 1.29 is 19.5 Å². The van der Waals surface area contributed by atoms with Crippen molar-refractivity contribution in [3.63, 3.8) is 0 Å². The number of carbonyl (C=O) groups excluding carboxylic acids is 2. The van der Waals surface area contributed by atoms with Gasteiger partial charge in [0.1, 0.15) is 10.9 Å². The molecule has 172 valence electrons. The number of aromatic carboxylic acids is 1. The molecule has 0 saturated carbocycles. The summed E-state index contributed by atoms with van der Waals surface area (Å²) in [5.74, 6) is -2.27. The minimum Gasteiger partial charge on any atom is -0.477 e. The molecule has 11 heteroatoms. The molecule has 3 N–H and O–H groups in total. The van der Waals surface area contributed by atoms with Gasteiger partial charge in [-0.25, -0.2) is 9.78 Å². The maximum Gasteiger partial charge on any atom is 0.347 e. The SMILES string of the molecule is NC(=O)C(CCCc1ncc(C(=O)O)s1)N(C(=O)c1ccc(Cl)cc1Cl)c1ccc(Cl)cc1. The van der Waals surface area contributed by atoms with E-state index < -0.39 is 23.8 Å². The number of nitrogens with zero attached hydrogens (tertiary/aromatic N) is 2. The van der Waals surface area contributed by atoms with Crippen molar-refractivity contribution >= 4 is 69.6 Å². The van der Waals surface area contributed by atoms with Crippen LogP contribution in [0.2, 0.25) is 15.1 Å². The molecular weight excluding hydrogens is 509 g/mol. The summed E-state index contributed by atoms with van der Waals surface area (Å²) in [5, 5.41) is 10.6. The largest absolute Gasteiger partial charge is 0.477 e. The van der Waals surface area contributed by atoms with Gasteiger partial charge in [-0.2, -0.15) is 0 Å². The minimum atomic E-state index is -1.05. The molecule has 0 spiro atoms. The molecule has 0 saturated heterocycles. The molecule has 33 heavy (non-hydrogen) atoms. The average Bonchev–Trinajstić information content (AvgIpc) is 3.23. The zero-order valence-electron chi connectivity index (χ0n) is 17.0. The summed E-state index contributed by atoms with van der Waals surface area (Å²) in [6.45, 7) is 0. The molecule has 2 amide bonds. The van der Waals surface area contributed by atoms with Crippen LogP contribution < -0.4 is 10.6 Å². The van der Waals surface area contributed by atoms with E-state index >= 15 is 0 Å². The summed E-state index contributed by atoms with van der Waals surface area (Å²) >= 11 is 19.3. The number of halogens is 3. The first-order valence-electron chi connectivity index (χ1n) is 9.69. The highest BCUT2D eigenvalue weighted by Gasteiger charge is 2.31. The Balaban J connectivity index is 1.89. The second-order valence-electron chi connectivity index (χ2n) is 7.01.